The van der Waals surface area contributed by atoms with E-state index in [4.69, 9.17) is 9.84 Å². The van der Waals surface area contributed by atoms with Gasteiger partial charge in [-0.1, -0.05) is 12.1 Å². The summed E-state index contributed by atoms with van der Waals surface area (Å²) in [5, 5.41) is 9.06. The van der Waals surface area contributed by atoms with Gasteiger partial charge in [0.1, 0.15) is 0 Å². The summed E-state index contributed by atoms with van der Waals surface area (Å²) >= 11 is 0. The van der Waals surface area contributed by atoms with Gasteiger partial charge in [0, 0.05) is 45.4 Å². The molecule has 5 nitrogen and oxygen atoms in total. The van der Waals surface area contributed by atoms with Crippen LogP contribution >= 0.6 is 0 Å². The number of hydrogen-bond acceptors (Lipinski definition) is 4. The van der Waals surface area contributed by atoms with Crippen LogP contribution < -0.4 is 0 Å². The Morgan fingerprint density at radius 1 is 1.41 bits per heavy atom. The third-order valence-corrected chi connectivity index (χ3v) is 4.16. The molecule has 122 valence electrons. The van der Waals surface area contributed by atoms with Gasteiger partial charge in [-0.3, -0.25) is 9.80 Å². The largest absolute Gasteiger partial charge is 0.478 e. The molecule has 1 aliphatic rings. The van der Waals surface area contributed by atoms with Gasteiger partial charge in [0.05, 0.1) is 12.2 Å². The topological polar surface area (TPSA) is 53.0 Å². The molecule has 1 aromatic rings. The molecule has 1 fully saturated rings. The van der Waals surface area contributed by atoms with Gasteiger partial charge in [0.15, 0.2) is 0 Å². The van der Waals surface area contributed by atoms with E-state index >= 15 is 0 Å². The molecule has 1 saturated heterocycles. The first kappa shape index (κ1) is 16.9. The average Bonchev–Trinajstić information content (AvgIpc) is 2.50. The van der Waals surface area contributed by atoms with Crippen LogP contribution in [0.15, 0.2) is 24.3 Å². The van der Waals surface area contributed by atoms with Crippen molar-refractivity contribution in [1.82, 2.24) is 9.80 Å². The molecular weight excluding hydrogens is 280 g/mol. The lowest BCUT2D eigenvalue weighted by atomic mass is 10.1. The highest BCUT2D eigenvalue weighted by atomic mass is 16.5. The van der Waals surface area contributed by atoms with Gasteiger partial charge in [-0.2, -0.15) is 0 Å². The molecule has 0 aromatic heterocycles. The van der Waals surface area contributed by atoms with Crippen molar-refractivity contribution in [3.8, 4) is 0 Å². The summed E-state index contributed by atoms with van der Waals surface area (Å²) in [4.78, 5) is 15.9. The Balaban J connectivity index is 1.85. The third-order valence-electron chi connectivity index (χ3n) is 4.16. The van der Waals surface area contributed by atoms with E-state index in [-0.39, 0.29) is 0 Å². The summed E-state index contributed by atoms with van der Waals surface area (Å²) in [5.74, 6) is -0.865. The standard InChI is InChI=1S/C17H26N2O3/c1-3-22-10-9-19-8-7-18(12-14(19)2)13-15-5-4-6-16(11-15)17(20)21/h4-6,11,14H,3,7-10,12-13H2,1-2H3,(H,20,21). The maximum atomic E-state index is 11.0. The SMILES string of the molecule is CCOCCN1CCN(Cc2cccc(C(=O)O)c2)CC1C. The third kappa shape index (κ3) is 4.80. The van der Waals surface area contributed by atoms with E-state index < -0.39 is 5.97 Å². The number of carboxylic acids is 1. The van der Waals surface area contributed by atoms with E-state index in [1.165, 1.54) is 0 Å². The molecule has 0 saturated carbocycles. The number of hydrogen-bond donors (Lipinski definition) is 1. The Bertz CT molecular complexity index is 493. The highest BCUT2D eigenvalue weighted by molar-refractivity contribution is 5.87. The van der Waals surface area contributed by atoms with E-state index in [1.807, 2.05) is 19.1 Å². The predicted octanol–water partition coefficient (Wildman–Crippen LogP) is 1.93. The number of ether oxygens (including phenoxy) is 1. The van der Waals surface area contributed by atoms with E-state index in [0.29, 0.717) is 11.6 Å². The second-order valence-corrected chi connectivity index (χ2v) is 5.82. The van der Waals surface area contributed by atoms with Gasteiger partial charge in [-0.25, -0.2) is 4.79 Å². The molecular formula is C17H26N2O3. The van der Waals surface area contributed by atoms with E-state index in [1.54, 1.807) is 12.1 Å². The number of piperazine rings is 1. The summed E-state index contributed by atoms with van der Waals surface area (Å²) in [6, 6.07) is 7.73. The number of benzene rings is 1. The summed E-state index contributed by atoms with van der Waals surface area (Å²) < 4.78 is 5.43. The molecule has 1 aromatic carbocycles. The van der Waals surface area contributed by atoms with Gasteiger partial charge in [0.25, 0.3) is 0 Å². The lowest BCUT2D eigenvalue weighted by Gasteiger charge is -2.39. The summed E-state index contributed by atoms with van der Waals surface area (Å²) in [6.07, 6.45) is 0. The maximum absolute atomic E-state index is 11.0. The van der Waals surface area contributed by atoms with Crippen LogP contribution in [0.25, 0.3) is 0 Å². The van der Waals surface area contributed by atoms with E-state index in [9.17, 15) is 4.79 Å². The highest BCUT2D eigenvalue weighted by Crippen LogP contribution is 2.14. The van der Waals surface area contributed by atoms with Crippen LogP contribution in [0.5, 0.6) is 0 Å². The smallest absolute Gasteiger partial charge is 0.335 e. The van der Waals surface area contributed by atoms with E-state index in [0.717, 1.165) is 51.5 Å². The molecule has 1 heterocycles. The zero-order valence-electron chi connectivity index (χ0n) is 13.5. The average molecular weight is 306 g/mol. The first-order valence-corrected chi connectivity index (χ1v) is 7.96. The van der Waals surface area contributed by atoms with Crippen LogP contribution in [0.3, 0.4) is 0 Å². The monoisotopic (exact) mass is 306 g/mol. The Kier molecular flexibility index (Phi) is 6.36. The quantitative estimate of drug-likeness (QED) is 0.780. The summed E-state index contributed by atoms with van der Waals surface area (Å²) in [7, 11) is 0. The molecule has 1 atom stereocenters. The number of nitrogens with zero attached hydrogens (tertiary/aromatic N) is 2. The second kappa shape index (κ2) is 8.27. The summed E-state index contributed by atoms with van der Waals surface area (Å²) in [5.41, 5.74) is 1.43. The Hall–Kier alpha value is -1.43. The molecule has 1 unspecified atom stereocenters. The first-order valence-electron chi connectivity index (χ1n) is 7.96. The molecule has 0 spiro atoms. The molecule has 2 rings (SSSR count). The van der Waals surface area contributed by atoms with Crippen molar-refractivity contribution in [2.45, 2.75) is 26.4 Å². The zero-order valence-corrected chi connectivity index (χ0v) is 13.5. The molecule has 0 radical (unpaired) electrons. The normalized spacial score (nSPS) is 20.2. The molecule has 1 aliphatic heterocycles. The summed E-state index contributed by atoms with van der Waals surface area (Å²) in [6.45, 7) is 10.7. The second-order valence-electron chi connectivity index (χ2n) is 5.82. The lowest BCUT2D eigenvalue weighted by Crippen LogP contribution is -2.52. The van der Waals surface area contributed by atoms with Crippen molar-refractivity contribution in [2.75, 3.05) is 39.4 Å². The van der Waals surface area contributed by atoms with Crippen LogP contribution in [0.4, 0.5) is 0 Å². The van der Waals surface area contributed by atoms with Crippen LogP contribution in [-0.2, 0) is 11.3 Å². The first-order chi connectivity index (χ1) is 10.6. The minimum Gasteiger partial charge on any atom is -0.478 e. The molecule has 0 bridgehead atoms. The van der Waals surface area contributed by atoms with Gasteiger partial charge in [-0.15, -0.1) is 0 Å². The van der Waals surface area contributed by atoms with Crippen molar-refractivity contribution in [2.24, 2.45) is 0 Å². The Morgan fingerprint density at radius 2 is 2.23 bits per heavy atom. The van der Waals surface area contributed by atoms with Crippen molar-refractivity contribution in [1.29, 1.82) is 0 Å². The number of rotatable bonds is 7. The van der Waals surface area contributed by atoms with Crippen LogP contribution in [-0.4, -0.2) is 66.3 Å². The van der Waals surface area contributed by atoms with Gasteiger partial charge in [0.2, 0.25) is 0 Å². The number of carbonyl (C=O) groups is 1. The Labute approximate surface area is 132 Å². The fraction of sp³-hybridized carbons (Fsp3) is 0.588. The Morgan fingerprint density at radius 3 is 2.91 bits per heavy atom. The molecule has 0 amide bonds. The zero-order chi connectivity index (χ0) is 15.9. The van der Waals surface area contributed by atoms with Gasteiger partial charge < -0.3 is 9.84 Å². The lowest BCUT2D eigenvalue weighted by molar-refractivity contribution is 0.0466. The van der Waals surface area contributed by atoms with Gasteiger partial charge >= 0.3 is 5.97 Å². The van der Waals surface area contributed by atoms with Crippen LogP contribution in [0, 0.1) is 0 Å². The predicted molar refractivity (Wildman–Crippen MR) is 86.2 cm³/mol. The molecule has 0 aliphatic carbocycles. The van der Waals surface area contributed by atoms with Crippen molar-refractivity contribution in [3.63, 3.8) is 0 Å². The fourth-order valence-corrected chi connectivity index (χ4v) is 2.93. The van der Waals surface area contributed by atoms with Crippen molar-refractivity contribution < 1.29 is 14.6 Å². The fourth-order valence-electron chi connectivity index (χ4n) is 2.93. The number of carboxylic acid groups (broad SMARTS) is 1. The molecule has 1 N–H and O–H groups in total. The minimum atomic E-state index is -0.865. The minimum absolute atomic E-state index is 0.362. The molecule has 5 heteroatoms. The molecule has 22 heavy (non-hydrogen) atoms. The maximum Gasteiger partial charge on any atom is 0.335 e. The van der Waals surface area contributed by atoms with Crippen molar-refractivity contribution in [3.05, 3.63) is 35.4 Å². The van der Waals surface area contributed by atoms with Crippen LogP contribution in [0.2, 0.25) is 0 Å². The van der Waals surface area contributed by atoms with Crippen LogP contribution in [0.1, 0.15) is 29.8 Å². The van der Waals surface area contributed by atoms with Crippen molar-refractivity contribution >= 4 is 5.97 Å². The number of aromatic carboxylic acids is 1. The van der Waals surface area contributed by atoms with E-state index in [2.05, 4.69) is 16.7 Å². The van der Waals surface area contributed by atoms with Gasteiger partial charge in [-0.05, 0) is 31.5 Å². The highest BCUT2D eigenvalue weighted by Gasteiger charge is 2.23.